The number of hydrogen-bond acceptors (Lipinski definition) is 1. The van der Waals surface area contributed by atoms with Crippen molar-refractivity contribution in [3.05, 3.63) is 34.9 Å². The third-order valence-corrected chi connectivity index (χ3v) is 3.99. The normalized spacial score (nSPS) is 24.2. The molecule has 0 radical (unpaired) electrons. The van der Waals surface area contributed by atoms with Gasteiger partial charge in [0.1, 0.15) is 0 Å². The van der Waals surface area contributed by atoms with Crippen LogP contribution < -0.4 is 0 Å². The molecule has 19 heavy (non-hydrogen) atoms. The summed E-state index contributed by atoms with van der Waals surface area (Å²) < 4.78 is 38.9. The van der Waals surface area contributed by atoms with Gasteiger partial charge in [-0.15, -0.1) is 0 Å². The molecule has 1 saturated carbocycles. The number of ketones is 1. The summed E-state index contributed by atoms with van der Waals surface area (Å²) in [5.41, 5.74) is 0.199. The van der Waals surface area contributed by atoms with Gasteiger partial charge in [-0.2, -0.15) is 13.2 Å². The van der Waals surface area contributed by atoms with Crippen LogP contribution in [-0.4, -0.2) is 12.0 Å². The highest BCUT2D eigenvalue weighted by atomic mass is 35.5. The van der Waals surface area contributed by atoms with Crippen LogP contribution in [-0.2, 0) is 0 Å². The third-order valence-electron chi connectivity index (χ3n) is 3.66. The van der Waals surface area contributed by atoms with Gasteiger partial charge in [-0.3, -0.25) is 4.79 Å². The predicted molar refractivity (Wildman–Crippen MR) is 67.3 cm³/mol. The van der Waals surface area contributed by atoms with Crippen LogP contribution in [0.4, 0.5) is 13.2 Å². The summed E-state index contributed by atoms with van der Waals surface area (Å²) in [4.78, 5) is 12.3. The highest BCUT2D eigenvalue weighted by molar-refractivity contribution is 6.34. The van der Waals surface area contributed by atoms with Crippen molar-refractivity contribution >= 4 is 17.4 Å². The van der Waals surface area contributed by atoms with Gasteiger partial charge >= 0.3 is 6.18 Å². The fourth-order valence-electron chi connectivity index (χ4n) is 2.70. The monoisotopic (exact) mass is 290 g/mol. The fraction of sp³-hybridized carbons (Fsp3) is 0.500. The summed E-state index contributed by atoms with van der Waals surface area (Å²) in [5, 5.41) is 0.221. The number of alkyl halides is 3. The number of benzene rings is 1. The van der Waals surface area contributed by atoms with E-state index in [4.69, 9.17) is 11.6 Å². The maximum atomic E-state index is 13.0. The van der Waals surface area contributed by atoms with E-state index in [-0.39, 0.29) is 23.4 Å². The Labute approximate surface area is 114 Å². The second kappa shape index (κ2) is 5.53. The molecule has 0 heterocycles. The first-order valence-electron chi connectivity index (χ1n) is 6.26. The topological polar surface area (TPSA) is 17.1 Å². The van der Waals surface area contributed by atoms with E-state index in [1.807, 2.05) is 0 Å². The molecule has 2 rings (SSSR count). The second-order valence-electron chi connectivity index (χ2n) is 4.88. The minimum atomic E-state index is -4.32. The molecule has 0 spiro atoms. The van der Waals surface area contributed by atoms with Crippen LogP contribution in [0.1, 0.15) is 36.0 Å². The summed E-state index contributed by atoms with van der Waals surface area (Å²) in [5.74, 6) is -3.01. The van der Waals surface area contributed by atoms with Gasteiger partial charge in [0, 0.05) is 11.5 Å². The zero-order valence-corrected chi connectivity index (χ0v) is 11.0. The van der Waals surface area contributed by atoms with Crippen LogP contribution in [0, 0.1) is 11.8 Å². The highest BCUT2D eigenvalue weighted by Gasteiger charge is 2.48. The lowest BCUT2D eigenvalue weighted by Crippen LogP contribution is -2.37. The van der Waals surface area contributed by atoms with Gasteiger partial charge in [0.2, 0.25) is 0 Å². The SMILES string of the molecule is O=C(c1ccccc1Cl)C1CCCCC1C(F)(F)F. The predicted octanol–water partition coefficient (Wildman–Crippen LogP) is 4.89. The van der Waals surface area contributed by atoms with E-state index in [2.05, 4.69) is 0 Å². The van der Waals surface area contributed by atoms with Crippen molar-refractivity contribution in [2.45, 2.75) is 31.9 Å². The number of carbonyl (C=O) groups excluding carboxylic acids is 1. The summed E-state index contributed by atoms with van der Waals surface area (Å²) in [6.07, 6.45) is -2.81. The molecule has 0 saturated heterocycles. The van der Waals surface area contributed by atoms with E-state index in [0.29, 0.717) is 12.8 Å². The van der Waals surface area contributed by atoms with Crippen LogP contribution in [0.3, 0.4) is 0 Å². The van der Waals surface area contributed by atoms with Crippen LogP contribution >= 0.6 is 11.6 Å². The molecular formula is C14H14ClF3O. The van der Waals surface area contributed by atoms with Gasteiger partial charge < -0.3 is 0 Å². The fourth-order valence-corrected chi connectivity index (χ4v) is 2.93. The minimum Gasteiger partial charge on any atom is -0.294 e. The van der Waals surface area contributed by atoms with E-state index >= 15 is 0 Å². The lowest BCUT2D eigenvalue weighted by molar-refractivity contribution is -0.190. The quantitative estimate of drug-likeness (QED) is 0.709. The second-order valence-corrected chi connectivity index (χ2v) is 5.29. The molecule has 104 valence electrons. The zero-order valence-electron chi connectivity index (χ0n) is 10.2. The summed E-state index contributed by atoms with van der Waals surface area (Å²) in [7, 11) is 0. The number of halogens is 4. The standard InChI is InChI=1S/C14H14ClF3O/c15-12-8-4-2-6-10(12)13(19)9-5-1-3-7-11(9)14(16,17)18/h2,4,6,8-9,11H,1,3,5,7H2. The first-order chi connectivity index (χ1) is 8.91. The van der Waals surface area contributed by atoms with E-state index in [1.54, 1.807) is 12.1 Å². The van der Waals surface area contributed by atoms with E-state index in [0.717, 1.165) is 0 Å². The maximum Gasteiger partial charge on any atom is 0.392 e. The van der Waals surface area contributed by atoms with E-state index < -0.39 is 23.8 Å². The average Bonchev–Trinajstić information content (AvgIpc) is 2.37. The van der Waals surface area contributed by atoms with Gasteiger partial charge in [-0.25, -0.2) is 0 Å². The number of carbonyl (C=O) groups is 1. The molecule has 2 unspecified atom stereocenters. The Morgan fingerprint density at radius 2 is 1.79 bits per heavy atom. The van der Waals surface area contributed by atoms with Gasteiger partial charge in [-0.1, -0.05) is 36.6 Å². The summed E-state index contributed by atoms with van der Waals surface area (Å²) >= 11 is 5.90. The van der Waals surface area contributed by atoms with Crippen molar-refractivity contribution in [3.63, 3.8) is 0 Å². The van der Waals surface area contributed by atoms with Crippen molar-refractivity contribution in [3.8, 4) is 0 Å². The lowest BCUT2D eigenvalue weighted by atomic mass is 9.75. The van der Waals surface area contributed by atoms with Gasteiger partial charge in [-0.05, 0) is 25.0 Å². The van der Waals surface area contributed by atoms with Crippen molar-refractivity contribution in [1.29, 1.82) is 0 Å². The Balaban J connectivity index is 2.28. The molecule has 1 aromatic rings. The maximum absolute atomic E-state index is 13.0. The lowest BCUT2D eigenvalue weighted by Gasteiger charge is -2.32. The Bertz CT molecular complexity index is 470. The molecular weight excluding hydrogens is 277 g/mol. The molecule has 5 heteroatoms. The van der Waals surface area contributed by atoms with Crippen molar-refractivity contribution in [1.82, 2.24) is 0 Å². The van der Waals surface area contributed by atoms with Gasteiger partial charge in [0.25, 0.3) is 0 Å². The molecule has 0 N–H and O–H groups in total. The third kappa shape index (κ3) is 3.11. The van der Waals surface area contributed by atoms with Crippen LogP contribution in [0.15, 0.2) is 24.3 Å². The Morgan fingerprint density at radius 3 is 2.42 bits per heavy atom. The number of rotatable bonds is 2. The smallest absolute Gasteiger partial charge is 0.294 e. The molecule has 0 bridgehead atoms. The zero-order chi connectivity index (χ0) is 14.0. The molecule has 1 aromatic carbocycles. The molecule has 2 atom stereocenters. The van der Waals surface area contributed by atoms with Crippen molar-refractivity contribution in [2.24, 2.45) is 11.8 Å². The number of hydrogen-bond donors (Lipinski definition) is 0. The van der Waals surface area contributed by atoms with Crippen molar-refractivity contribution in [2.75, 3.05) is 0 Å². The van der Waals surface area contributed by atoms with Gasteiger partial charge in [0.05, 0.1) is 10.9 Å². The molecule has 0 aromatic heterocycles. The highest BCUT2D eigenvalue weighted by Crippen LogP contribution is 2.43. The van der Waals surface area contributed by atoms with Crippen LogP contribution in [0.2, 0.25) is 5.02 Å². The molecule has 0 aliphatic heterocycles. The Kier molecular flexibility index (Phi) is 4.19. The molecule has 1 aliphatic rings. The Morgan fingerprint density at radius 1 is 1.16 bits per heavy atom. The summed E-state index contributed by atoms with van der Waals surface area (Å²) in [6, 6.07) is 6.29. The Hall–Kier alpha value is -1.03. The van der Waals surface area contributed by atoms with E-state index in [9.17, 15) is 18.0 Å². The van der Waals surface area contributed by atoms with Gasteiger partial charge in [0.15, 0.2) is 5.78 Å². The minimum absolute atomic E-state index is 0.0321. The van der Waals surface area contributed by atoms with Crippen LogP contribution in [0.5, 0.6) is 0 Å². The average molecular weight is 291 g/mol. The molecule has 1 nitrogen and oxygen atoms in total. The molecule has 0 amide bonds. The van der Waals surface area contributed by atoms with Crippen LogP contribution in [0.25, 0.3) is 0 Å². The first-order valence-corrected chi connectivity index (χ1v) is 6.64. The molecule has 1 aliphatic carbocycles. The molecule has 1 fully saturated rings. The van der Waals surface area contributed by atoms with Crippen molar-refractivity contribution < 1.29 is 18.0 Å². The summed E-state index contributed by atoms with van der Waals surface area (Å²) in [6.45, 7) is 0. The number of Topliss-reactive ketones (excluding diaryl/α,β-unsaturated/α-hetero) is 1. The van der Waals surface area contributed by atoms with E-state index in [1.165, 1.54) is 12.1 Å². The largest absolute Gasteiger partial charge is 0.392 e. The first kappa shape index (κ1) is 14.4.